The Morgan fingerprint density at radius 2 is 2.11 bits per heavy atom. The molecular weight excluding hydrogens is 302 g/mol. The molecule has 0 amide bonds. The van der Waals surface area contributed by atoms with Gasteiger partial charge in [-0.2, -0.15) is 0 Å². The number of hydrogen-bond acceptors (Lipinski definition) is 3. The second-order valence-corrected chi connectivity index (χ2v) is 5.58. The summed E-state index contributed by atoms with van der Waals surface area (Å²) in [5, 5.41) is 0. The second kappa shape index (κ2) is 6.17. The van der Waals surface area contributed by atoms with E-state index in [9.17, 15) is 0 Å². The largest absolute Gasteiger partial charge is 0.368 e. The maximum atomic E-state index is 6.04. The van der Waals surface area contributed by atoms with E-state index >= 15 is 0 Å². The Hall–Kier alpha value is -1.39. The minimum atomic E-state index is 0.00859. The fourth-order valence-corrected chi connectivity index (χ4v) is 2.40. The number of pyridine rings is 1. The Kier molecular flexibility index (Phi) is 4.56. The highest BCUT2D eigenvalue weighted by atomic mass is 79.9. The molecule has 0 spiro atoms. The molecule has 0 radical (unpaired) electrons. The van der Waals surface area contributed by atoms with Crippen LogP contribution in [-0.2, 0) is 6.54 Å². The maximum Gasteiger partial charge on any atom is 0.0598 e. The summed E-state index contributed by atoms with van der Waals surface area (Å²) in [5.41, 5.74) is 9.36. The van der Waals surface area contributed by atoms with Crippen molar-refractivity contribution in [3.8, 4) is 0 Å². The van der Waals surface area contributed by atoms with Crippen LogP contribution in [0, 0.1) is 0 Å². The molecule has 1 aromatic heterocycles. The smallest absolute Gasteiger partial charge is 0.0598 e. The van der Waals surface area contributed by atoms with Gasteiger partial charge < -0.3 is 10.6 Å². The summed E-state index contributed by atoms with van der Waals surface area (Å²) in [6, 6.07) is 12.2. The molecular formula is C15H18BrN3. The number of rotatable bonds is 4. The molecule has 1 heterocycles. The molecule has 3 nitrogen and oxygen atoms in total. The monoisotopic (exact) mass is 319 g/mol. The lowest BCUT2D eigenvalue weighted by Crippen LogP contribution is -2.20. The highest BCUT2D eigenvalue weighted by Crippen LogP contribution is 2.28. The lowest BCUT2D eigenvalue weighted by atomic mass is 10.1. The summed E-state index contributed by atoms with van der Waals surface area (Å²) in [6.07, 6.45) is 1.82. The first-order chi connectivity index (χ1) is 9.08. The number of halogens is 1. The fraction of sp³-hybridized carbons (Fsp3) is 0.267. The Bertz CT molecular complexity index is 540. The van der Waals surface area contributed by atoms with Gasteiger partial charge in [-0.05, 0) is 36.8 Å². The molecule has 1 unspecified atom stereocenters. The molecule has 0 saturated carbocycles. The summed E-state index contributed by atoms with van der Waals surface area (Å²) < 4.78 is 1.06. The molecule has 2 rings (SSSR count). The lowest BCUT2D eigenvalue weighted by Gasteiger charge is -2.24. The van der Waals surface area contributed by atoms with Crippen LogP contribution in [0.2, 0.25) is 0 Å². The molecule has 0 aliphatic carbocycles. The van der Waals surface area contributed by atoms with Gasteiger partial charge in [0.2, 0.25) is 0 Å². The number of nitrogens with two attached hydrogens (primary N) is 1. The molecule has 4 heteroatoms. The first kappa shape index (κ1) is 14.0. The summed E-state index contributed by atoms with van der Waals surface area (Å²) in [7, 11) is 2.06. The van der Waals surface area contributed by atoms with Crippen molar-refractivity contribution in [1.29, 1.82) is 0 Å². The third kappa shape index (κ3) is 3.55. The van der Waals surface area contributed by atoms with Crippen molar-refractivity contribution in [2.75, 3.05) is 11.9 Å². The number of aromatic nitrogens is 1. The summed E-state index contributed by atoms with van der Waals surface area (Å²) in [4.78, 5) is 6.53. The standard InChI is InChI=1S/C15H18BrN3/c1-11(17)14-7-6-12(16)9-15(14)19(2)10-13-5-3-4-8-18-13/h3-9,11H,10,17H2,1-2H3. The van der Waals surface area contributed by atoms with Crippen molar-refractivity contribution in [3.63, 3.8) is 0 Å². The summed E-state index contributed by atoms with van der Waals surface area (Å²) in [6.45, 7) is 2.76. The molecule has 0 aliphatic heterocycles. The Balaban J connectivity index is 2.27. The molecule has 2 N–H and O–H groups in total. The van der Waals surface area contributed by atoms with Gasteiger partial charge in [0.15, 0.2) is 0 Å². The normalized spacial score (nSPS) is 12.2. The van der Waals surface area contributed by atoms with Crippen LogP contribution >= 0.6 is 15.9 Å². The number of nitrogens with zero attached hydrogens (tertiary/aromatic N) is 2. The van der Waals surface area contributed by atoms with E-state index in [4.69, 9.17) is 5.73 Å². The third-order valence-electron chi connectivity index (χ3n) is 3.02. The summed E-state index contributed by atoms with van der Waals surface area (Å²) in [5.74, 6) is 0. The van der Waals surface area contributed by atoms with Crippen molar-refractivity contribution in [2.24, 2.45) is 5.73 Å². The SMILES string of the molecule is CC(N)c1ccc(Br)cc1N(C)Cc1ccccn1. The van der Waals surface area contributed by atoms with Crippen LogP contribution in [-0.4, -0.2) is 12.0 Å². The van der Waals surface area contributed by atoms with Crippen molar-refractivity contribution in [2.45, 2.75) is 19.5 Å². The van der Waals surface area contributed by atoms with Crippen molar-refractivity contribution < 1.29 is 0 Å². The summed E-state index contributed by atoms with van der Waals surface area (Å²) >= 11 is 3.52. The van der Waals surface area contributed by atoms with E-state index in [1.807, 2.05) is 37.4 Å². The molecule has 0 saturated heterocycles. The van der Waals surface area contributed by atoms with Gasteiger partial charge in [0.1, 0.15) is 0 Å². The number of anilines is 1. The molecule has 0 bridgehead atoms. The average molecular weight is 320 g/mol. The van der Waals surface area contributed by atoms with E-state index in [2.05, 4.69) is 45.0 Å². The highest BCUT2D eigenvalue weighted by molar-refractivity contribution is 9.10. The maximum absolute atomic E-state index is 6.04. The molecule has 0 aliphatic rings. The Morgan fingerprint density at radius 3 is 2.74 bits per heavy atom. The van der Waals surface area contributed by atoms with Crippen LogP contribution in [0.4, 0.5) is 5.69 Å². The zero-order valence-electron chi connectivity index (χ0n) is 11.2. The number of hydrogen-bond donors (Lipinski definition) is 1. The van der Waals surface area contributed by atoms with E-state index in [-0.39, 0.29) is 6.04 Å². The highest BCUT2D eigenvalue weighted by Gasteiger charge is 2.12. The minimum Gasteiger partial charge on any atom is -0.368 e. The molecule has 1 aromatic carbocycles. The zero-order valence-corrected chi connectivity index (χ0v) is 12.8. The molecule has 1 atom stereocenters. The van der Waals surface area contributed by atoms with Gasteiger partial charge in [-0.15, -0.1) is 0 Å². The number of benzene rings is 1. The van der Waals surface area contributed by atoms with Gasteiger partial charge in [-0.1, -0.05) is 28.1 Å². The van der Waals surface area contributed by atoms with Gasteiger partial charge in [-0.3, -0.25) is 4.98 Å². The van der Waals surface area contributed by atoms with Crippen LogP contribution in [0.1, 0.15) is 24.2 Å². The van der Waals surface area contributed by atoms with Gasteiger partial charge in [-0.25, -0.2) is 0 Å². The van der Waals surface area contributed by atoms with Crippen molar-refractivity contribution in [1.82, 2.24) is 4.98 Å². The van der Waals surface area contributed by atoms with Crippen LogP contribution in [0.5, 0.6) is 0 Å². The van der Waals surface area contributed by atoms with E-state index in [1.165, 1.54) is 0 Å². The van der Waals surface area contributed by atoms with E-state index in [0.717, 1.165) is 28.0 Å². The van der Waals surface area contributed by atoms with E-state index < -0.39 is 0 Å². The van der Waals surface area contributed by atoms with Crippen LogP contribution in [0.15, 0.2) is 47.1 Å². The van der Waals surface area contributed by atoms with Gasteiger partial charge >= 0.3 is 0 Å². The quantitative estimate of drug-likeness (QED) is 0.937. The van der Waals surface area contributed by atoms with Crippen molar-refractivity contribution in [3.05, 3.63) is 58.3 Å². The Labute approximate surface area is 122 Å². The topological polar surface area (TPSA) is 42.1 Å². The van der Waals surface area contributed by atoms with Crippen molar-refractivity contribution >= 4 is 21.6 Å². The molecule has 2 aromatic rings. The van der Waals surface area contributed by atoms with Gasteiger partial charge in [0, 0.05) is 29.4 Å². The third-order valence-corrected chi connectivity index (χ3v) is 3.51. The minimum absolute atomic E-state index is 0.00859. The second-order valence-electron chi connectivity index (χ2n) is 4.67. The molecule has 100 valence electrons. The molecule has 19 heavy (non-hydrogen) atoms. The molecule has 0 fully saturated rings. The first-order valence-electron chi connectivity index (χ1n) is 6.24. The van der Waals surface area contributed by atoms with Crippen LogP contribution < -0.4 is 10.6 Å². The van der Waals surface area contributed by atoms with Gasteiger partial charge in [0.05, 0.1) is 12.2 Å². The predicted octanol–water partition coefficient (Wildman–Crippen LogP) is 3.50. The lowest BCUT2D eigenvalue weighted by molar-refractivity contribution is 0.796. The van der Waals surface area contributed by atoms with Crippen LogP contribution in [0.3, 0.4) is 0 Å². The predicted molar refractivity (Wildman–Crippen MR) is 83.1 cm³/mol. The zero-order chi connectivity index (χ0) is 13.8. The fourth-order valence-electron chi connectivity index (χ4n) is 2.05. The Morgan fingerprint density at radius 1 is 1.32 bits per heavy atom. The van der Waals surface area contributed by atoms with Gasteiger partial charge in [0.25, 0.3) is 0 Å². The first-order valence-corrected chi connectivity index (χ1v) is 7.03. The van der Waals surface area contributed by atoms with E-state index in [1.54, 1.807) is 0 Å². The average Bonchev–Trinajstić information content (AvgIpc) is 2.39. The van der Waals surface area contributed by atoms with E-state index in [0.29, 0.717) is 0 Å². The van der Waals surface area contributed by atoms with Crippen LogP contribution in [0.25, 0.3) is 0 Å².